The molecule has 1 heteroatoms. The first kappa shape index (κ1) is 10.1. The zero-order valence-electron chi connectivity index (χ0n) is 9.02. The molecule has 1 aromatic carbocycles. The normalized spacial score (nSPS) is 11.8. The maximum Gasteiger partial charge on any atom is 0.122 e. The fraction of sp³-hybridized carbons (Fsp3) is 0.500. The van der Waals surface area contributed by atoms with E-state index in [0.717, 1.165) is 16.7 Å². The van der Waals surface area contributed by atoms with Gasteiger partial charge in [0.25, 0.3) is 0 Å². The lowest BCUT2D eigenvalue weighted by molar-refractivity contribution is 0.442. The minimum atomic E-state index is -0.0148. The van der Waals surface area contributed by atoms with Gasteiger partial charge in [0.15, 0.2) is 0 Å². The Morgan fingerprint density at radius 2 is 1.77 bits per heavy atom. The SMILES string of the molecule is Cc1[c]cc(C(C)(C)C)c(O)c1C. The van der Waals surface area contributed by atoms with Crippen LogP contribution in [-0.2, 0) is 5.41 Å². The molecule has 0 spiro atoms. The summed E-state index contributed by atoms with van der Waals surface area (Å²) in [5, 5.41) is 9.89. The summed E-state index contributed by atoms with van der Waals surface area (Å²) in [5.74, 6) is 0.420. The highest BCUT2D eigenvalue weighted by atomic mass is 16.3. The summed E-state index contributed by atoms with van der Waals surface area (Å²) in [6, 6.07) is 5.04. The molecule has 0 fully saturated rings. The summed E-state index contributed by atoms with van der Waals surface area (Å²) in [6.07, 6.45) is 0. The molecule has 71 valence electrons. The number of hydrogen-bond acceptors (Lipinski definition) is 1. The second kappa shape index (κ2) is 3.06. The predicted molar refractivity (Wildman–Crippen MR) is 55.1 cm³/mol. The summed E-state index contributed by atoms with van der Waals surface area (Å²) < 4.78 is 0. The van der Waals surface area contributed by atoms with Gasteiger partial charge >= 0.3 is 0 Å². The Hall–Kier alpha value is -0.980. The van der Waals surface area contributed by atoms with Crippen LogP contribution in [0.5, 0.6) is 5.75 Å². The molecule has 1 N–H and O–H groups in total. The lowest BCUT2D eigenvalue weighted by Crippen LogP contribution is -2.12. The molecule has 0 atom stereocenters. The Kier molecular flexibility index (Phi) is 2.38. The van der Waals surface area contributed by atoms with Crippen LogP contribution in [0.2, 0.25) is 0 Å². The maximum atomic E-state index is 9.89. The Morgan fingerprint density at radius 1 is 1.23 bits per heavy atom. The Bertz CT molecular complexity index is 319. The van der Waals surface area contributed by atoms with Crippen LogP contribution in [0.25, 0.3) is 0 Å². The van der Waals surface area contributed by atoms with Crippen molar-refractivity contribution in [3.05, 3.63) is 28.8 Å². The third-order valence-electron chi connectivity index (χ3n) is 2.41. The van der Waals surface area contributed by atoms with Crippen molar-refractivity contribution in [3.8, 4) is 5.75 Å². The molecular formula is C12H17O. The van der Waals surface area contributed by atoms with Gasteiger partial charge in [-0.05, 0) is 42.5 Å². The van der Waals surface area contributed by atoms with Crippen molar-refractivity contribution in [2.45, 2.75) is 40.0 Å². The van der Waals surface area contributed by atoms with Gasteiger partial charge in [0, 0.05) is 5.56 Å². The molecule has 1 rings (SSSR count). The third-order valence-corrected chi connectivity index (χ3v) is 2.41. The van der Waals surface area contributed by atoms with Crippen molar-refractivity contribution in [2.75, 3.05) is 0 Å². The van der Waals surface area contributed by atoms with E-state index in [1.807, 2.05) is 19.9 Å². The molecule has 0 aliphatic rings. The molecule has 0 aromatic heterocycles. The van der Waals surface area contributed by atoms with Crippen LogP contribution in [0.3, 0.4) is 0 Å². The molecule has 0 saturated carbocycles. The van der Waals surface area contributed by atoms with Crippen LogP contribution in [0, 0.1) is 19.9 Å². The smallest absolute Gasteiger partial charge is 0.122 e. The number of aryl methyl sites for hydroxylation is 1. The molecule has 0 aliphatic heterocycles. The molecule has 0 heterocycles. The third kappa shape index (κ3) is 1.85. The summed E-state index contributed by atoms with van der Waals surface area (Å²) in [7, 11) is 0. The lowest BCUT2D eigenvalue weighted by atomic mass is 9.84. The van der Waals surface area contributed by atoms with Crippen molar-refractivity contribution in [1.82, 2.24) is 0 Å². The van der Waals surface area contributed by atoms with Crippen LogP contribution >= 0.6 is 0 Å². The van der Waals surface area contributed by atoms with Gasteiger partial charge in [-0.1, -0.05) is 20.8 Å². The predicted octanol–water partition coefficient (Wildman–Crippen LogP) is 3.11. The largest absolute Gasteiger partial charge is 0.507 e. The van der Waals surface area contributed by atoms with E-state index in [0.29, 0.717) is 5.75 Å². The number of rotatable bonds is 0. The first-order valence-electron chi connectivity index (χ1n) is 4.55. The first-order chi connectivity index (χ1) is 5.84. The topological polar surface area (TPSA) is 20.2 Å². The Labute approximate surface area is 80.4 Å². The van der Waals surface area contributed by atoms with Crippen LogP contribution < -0.4 is 0 Å². The Balaban J connectivity index is 3.35. The van der Waals surface area contributed by atoms with Gasteiger partial charge in [-0.15, -0.1) is 0 Å². The molecular weight excluding hydrogens is 160 g/mol. The van der Waals surface area contributed by atoms with Crippen molar-refractivity contribution >= 4 is 0 Å². The van der Waals surface area contributed by atoms with Crippen LogP contribution in [0.15, 0.2) is 6.07 Å². The van der Waals surface area contributed by atoms with Crippen LogP contribution in [-0.4, -0.2) is 5.11 Å². The van der Waals surface area contributed by atoms with Crippen molar-refractivity contribution in [1.29, 1.82) is 0 Å². The number of aromatic hydroxyl groups is 1. The zero-order chi connectivity index (χ0) is 10.2. The van der Waals surface area contributed by atoms with E-state index in [1.54, 1.807) is 0 Å². The van der Waals surface area contributed by atoms with Crippen molar-refractivity contribution in [2.24, 2.45) is 0 Å². The number of phenols is 1. The highest BCUT2D eigenvalue weighted by Crippen LogP contribution is 2.33. The molecule has 1 radical (unpaired) electrons. The van der Waals surface area contributed by atoms with Gasteiger partial charge in [-0.3, -0.25) is 0 Å². The molecule has 0 bridgehead atoms. The highest BCUT2D eigenvalue weighted by molar-refractivity contribution is 5.46. The Morgan fingerprint density at radius 3 is 2.23 bits per heavy atom. The monoisotopic (exact) mass is 177 g/mol. The molecule has 13 heavy (non-hydrogen) atoms. The van der Waals surface area contributed by atoms with E-state index in [4.69, 9.17) is 0 Å². The van der Waals surface area contributed by atoms with Gasteiger partial charge in [0.2, 0.25) is 0 Å². The van der Waals surface area contributed by atoms with Crippen LogP contribution in [0.4, 0.5) is 0 Å². The van der Waals surface area contributed by atoms with E-state index in [-0.39, 0.29) is 5.41 Å². The van der Waals surface area contributed by atoms with Gasteiger partial charge in [0.1, 0.15) is 5.75 Å². The molecule has 1 aromatic rings. The van der Waals surface area contributed by atoms with Crippen molar-refractivity contribution < 1.29 is 5.11 Å². The van der Waals surface area contributed by atoms with Gasteiger partial charge in [-0.25, -0.2) is 0 Å². The number of benzene rings is 1. The van der Waals surface area contributed by atoms with Crippen molar-refractivity contribution in [3.63, 3.8) is 0 Å². The summed E-state index contributed by atoms with van der Waals surface area (Å²) in [4.78, 5) is 0. The summed E-state index contributed by atoms with van der Waals surface area (Å²) in [5.41, 5.74) is 2.91. The minimum Gasteiger partial charge on any atom is -0.507 e. The van der Waals surface area contributed by atoms with E-state index in [1.165, 1.54) is 0 Å². The summed E-state index contributed by atoms with van der Waals surface area (Å²) in [6.45, 7) is 10.2. The number of hydrogen-bond donors (Lipinski definition) is 1. The maximum absolute atomic E-state index is 9.89. The van der Waals surface area contributed by atoms with E-state index in [9.17, 15) is 5.11 Å². The van der Waals surface area contributed by atoms with E-state index in [2.05, 4.69) is 26.8 Å². The molecule has 0 amide bonds. The highest BCUT2D eigenvalue weighted by Gasteiger charge is 2.19. The second-order valence-electron chi connectivity index (χ2n) is 4.55. The lowest BCUT2D eigenvalue weighted by Gasteiger charge is -2.21. The fourth-order valence-electron chi connectivity index (χ4n) is 1.31. The average molecular weight is 177 g/mol. The molecule has 0 aliphatic carbocycles. The first-order valence-corrected chi connectivity index (χ1v) is 4.55. The molecule has 1 nitrogen and oxygen atoms in total. The average Bonchev–Trinajstić information content (AvgIpc) is 1.98. The van der Waals surface area contributed by atoms with E-state index < -0.39 is 0 Å². The van der Waals surface area contributed by atoms with E-state index >= 15 is 0 Å². The van der Waals surface area contributed by atoms with Gasteiger partial charge in [0.05, 0.1) is 0 Å². The molecule has 0 saturated heterocycles. The standard InChI is InChI=1S/C12H17O/c1-8-6-7-10(12(3,4)5)11(13)9(8)2/h7,13H,1-5H3. The second-order valence-corrected chi connectivity index (χ2v) is 4.55. The minimum absolute atomic E-state index is 0.0148. The molecule has 0 unspecified atom stereocenters. The quantitative estimate of drug-likeness (QED) is 0.645. The van der Waals surface area contributed by atoms with Gasteiger partial charge < -0.3 is 5.11 Å². The zero-order valence-corrected chi connectivity index (χ0v) is 9.02. The van der Waals surface area contributed by atoms with Gasteiger partial charge in [-0.2, -0.15) is 0 Å². The summed E-state index contributed by atoms with van der Waals surface area (Å²) >= 11 is 0. The fourth-order valence-corrected chi connectivity index (χ4v) is 1.31. The van der Waals surface area contributed by atoms with Crippen LogP contribution in [0.1, 0.15) is 37.5 Å². The number of phenolic OH excluding ortho intramolecular Hbond substituents is 1.